The van der Waals surface area contributed by atoms with E-state index in [1.54, 1.807) is 0 Å². The smallest absolute Gasteiger partial charge is 0.0313 e. The van der Waals surface area contributed by atoms with Crippen LogP contribution in [0.1, 0.15) is 44.2 Å². The molecular weight excluding hydrogens is 208 g/mol. The summed E-state index contributed by atoms with van der Waals surface area (Å²) in [5.74, 6) is 1.65. The van der Waals surface area contributed by atoms with Crippen LogP contribution in [0.3, 0.4) is 0 Å². The Bertz CT molecular complexity index is 362. The van der Waals surface area contributed by atoms with E-state index in [1.807, 2.05) is 12.4 Å². The van der Waals surface area contributed by atoms with Gasteiger partial charge in [0.15, 0.2) is 0 Å². The predicted octanol–water partition coefficient (Wildman–Crippen LogP) is 3.30. The van der Waals surface area contributed by atoms with Crippen LogP contribution in [0, 0.1) is 18.8 Å². The van der Waals surface area contributed by atoms with Crippen molar-refractivity contribution in [2.45, 2.75) is 52.6 Å². The molecule has 2 nitrogen and oxygen atoms in total. The molecule has 1 fully saturated rings. The monoisotopic (exact) mass is 232 g/mol. The second kappa shape index (κ2) is 5.63. The second-order valence-electron chi connectivity index (χ2n) is 5.63. The van der Waals surface area contributed by atoms with E-state index < -0.39 is 0 Å². The lowest BCUT2D eigenvalue weighted by Gasteiger charge is -2.34. The zero-order valence-electron chi connectivity index (χ0n) is 11.2. The minimum atomic E-state index is 0.680. The van der Waals surface area contributed by atoms with E-state index in [0.717, 1.165) is 18.4 Å². The van der Waals surface area contributed by atoms with Crippen molar-refractivity contribution >= 4 is 0 Å². The lowest BCUT2D eigenvalue weighted by atomic mass is 9.78. The Hall–Kier alpha value is -0.890. The number of pyridine rings is 1. The average Bonchev–Trinajstić information content (AvgIpc) is 2.31. The topological polar surface area (TPSA) is 24.9 Å². The summed E-state index contributed by atoms with van der Waals surface area (Å²) in [5, 5.41) is 3.71. The molecule has 0 radical (unpaired) electrons. The van der Waals surface area contributed by atoms with Crippen molar-refractivity contribution in [3.63, 3.8) is 0 Å². The lowest BCUT2D eigenvalue weighted by molar-refractivity contribution is 0.206. The molecule has 1 N–H and O–H groups in total. The highest BCUT2D eigenvalue weighted by molar-refractivity contribution is 5.16. The largest absolute Gasteiger partial charge is 0.310 e. The van der Waals surface area contributed by atoms with Crippen molar-refractivity contribution in [3.05, 3.63) is 29.6 Å². The van der Waals surface area contributed by atoms with Gasteiger partial charge < -0.3 is 5.32 Å². The van der Waals surface area contributed by atoms with Gasteiger partial charge in [0, 0.05) is 25.0 Å². The van der Waals surface area contributed by atoms with Crippen molar-refractivity contribution < 1.29 is 0 Å². The van der Waals surface area contributed by atoms with Crippen LogP contribution >= 0.6 is 0 Å². The van der Waals surface area contributed by atoms with Gasteiger partial charge in [-0.2, -0.15) is 0 Å². The molecule has 0 aliphatic heterocycles. The average molecular weight is 232 g/mol. The van der Waals surface area contributed by atoms with Crippen LogP contribution < -0.4 is 5.32 Å². The first-order chi connectivity index (χ1) is 8.16. The molecule has 1 aliphatic rings. The van der Waals surface area contributed by atoms with E-state index in [2.05, 4.69) is 37.1 Å². The van der Waals surface area contributed by atoms with Crippen LogP contribution in [0.2, 0.25) is 0 Å². The van der Waals surface area contributed by atoms with Crippen molar-refractivity contribution in [1.82, 2.24) is 10.3 Å². The summed E-state index contributed by atoms with van der Waals surface area (Å²) in [5.41, 5.74) is 2.55. The number of aromatic nitrogens is 1. The molecule has 1 saturated carbocycles. The van der Waals surface area contributed by atoms with Crippen LogP contribution in [0.15, 0.2) is 18.5 Å². The first kappa shape index (κ1) is 12.6. The maximum absolute atomic E-state index is 4.24. The minimum absolute atomic E-state index is 0.680. The second-order valence-corrected chi connectivity index (χ2v) is 5.63. The molecule has 3 unspecified atom stereocenters. The Morgan fingerprint density at radius 3 is 2.88 bits per heavy atom. The van der Waals surface area contributed by atoms with Gasteiger partial charge in [0.2, 0.25) is 0 Å². The fraction of sp³-hybridized carbons (Fsp3) is 0.667. The van der Waals surface area contributed by atoms with Crippen LogP contribution in [-0.2, 0) is 6.54 Å². The molecule has 0 amide bonds. The first-order valence-electron chi connectivity index (χ1n) is 6.80. The third-order valence-corrected chi connectivity index (χ3v) is 4.21. The van der Waals surface area contributed by atoms with Gasteiger partial charge in [-0.05, 0) is 36.3 Å². The molecule has 2 rings (SSSR count). The summed E-state index contributed by atoms with van der Waals surface area (Å²) in [6.45, 7) is 7.82. The van der Waals surface area contributed by atoms with Crippen molar-refractivity contribution in [2.75, 3.05) is 0 Å². The molecule has 1 aromatic rings. The SMILES string of the molecule is Cc1cncc(CNC2CCCC(C)C2C)c1. The number of aryl methyl sites for hydroxylation is 1. The molecule has 1 aromatic heterocycles. The fourth-order valence-electron chi connectivity index (χ4n) is 2.83. The Morgan fingerprint density at radius 1 is 1.29 bits per heavy atom. The van der Waals surface area contributed by atoms with Crippen molar-refractivity contribution in [3.8, 4) is 0 Å². The summed E-state index contributed by atoms with van der Waals surface area (Å²) < 4.78 is 0. The first-order valence-corrected chi connectivity index (χ1v) is 6.80. The van der Waals surface area contributed by atoms with Gasteiger partial charge >= 0.3 is 0 Å². The zero-order valence-corrected chi connectivity index (χ0v) is 11.2. The molecule has 3 atom stereocenters. The number of rotatable bonds is 3. The fourth-order valence-corrected chi connectivity index (χ4v) is 2.83. The van der Waals surface area contributed by atoms with E-state index in [0.29, 0.717) is 6.04 Å². The number of hydrogen-bond acceptors (Lipinski definition) is 2. The van der Waals surface area contributed by atoms with Gasteiger partial charge in [0.25, 0.3) is 0 Å². The zero-order chi connectivity index (χ0) is 12.3. The highest BCUT2D eigenvalue weighted by Gasteiger charge is 2.26. The molecule has 1 aliphatic carbocycles. The van der Waals surface area contributed by atoms with E-state index in [-0.39, 0.29) is 0 Å². The number of nitrogens with zero attached hydrogens (tertiary/aromatic N) is 1. The molecule has 2 heteroatoms. The third kappa shape index (κ3) is 3.29. The summed E-state index contributed by atoms with van der Waals surface area (Å²) in [4.78, 5) is 4.24. The van der Waals surface area contributed by atoms with E-state index in [9.17, 15) is 0 Å². The summed E-state index contributed by atoms with van der Waals surface area (Å²) in [6.07, 6.45) is 7.97. The Kier molecular flexibility index (Phi) is 4.16. The maximum atomic E-state index is 4.24. The van der Waals surface area contributed by atoms with Crippen molar-refractivity contribution in [2.24, 2.45) is 11.8 Å². The van der Waals surface area contributed by atoms with Crippen LogP contribution in [-0.4, -0.2) is 11.0 Å². The minimum Gasteiger partial charge on any atom is -0.310 e. The quantitative estimate of drug-likeness (QED) is 0.865. The van der Waals surface area contributed by atoms with Crippen LogP contribution in [0.25, 0.3) is 0 Å². The maximum Gasteiger partial charge on any atom is 0.0313 e. The molecule has 0 saturated heterocycles. The Morgan fingerprint density at radius 2 is 2.12 bits per heavy atom. The highest BCUT2D eigenvalue weighted by Crippen LogP contribution is 2.29. The highest BCUT2D eigenvalue weighted by atomic mass is 14.9. The number of nitrogens with one attached hydrogen (secondary N) is 1. The summed E-state index contributed by atoms with van der Waals surface area (Å²) in [7, 11) is 0. The van der Waals surface area contributed by atoms with Gasteiger partial charge in [-0.25, -0.2) is 0 Å². The molecule has 1 heterocycles. The van der Waals surface area contributed by atoms with Gasteiger partial charge in [-0.15, -0.1) is 0 Å². The number of hydrogen-bond donors (Lipinski definition) is 1. The molecule has 0 bridgehead atoms. The normalized spacial score (nSPS) is 29.2. The van der Waals surface area contributed by atoms with E-state index in [1.165, 1.54) is 30.4 Å². The molecule has 17 heavy (non-hydrogen) atoms. The predicted molar refractivity (Wildman–Crippen MR) is 71.8 cm³/mol. The Balaban J connectivity index is 1.89. The third-order valence-electron chi connectivity index (χ3n) is 4.21. The summed E-state index contributed by atoms with van der Waals surface area (Å²) >= 11 is 0. The van der Waals surface area contributed by atoms with Crippen LogP contribution in [0.5, 0.6) is 0 Å². The lowest BCUT2D eigenvalue weighted by Crippen LogP contribution is -2.40. The standard InChI is InChI=1S/C15H24N2/c1-11-7-14(9-16-8-11)10-17-15-6-4-5-12(2)13(15)3/h7-9,12-13,15,17H,4-6,10H2,1-3H3. The van der Waals surface area contributed by atoms with E-state index >= 15 is 0 Å². The van der Waals surface area contributed by atoms with Crippen LogP contribution in [0.4, 0.5) is 0 Å². The molecule has 0 spiro atoms. The van der Waals surface area contributed by atoms with Gasteiger partial charge in [0.05, 0.1) is 0 Å². The van der Waals surface area contributed by atoms with Gasteiger partial charge in [0.1, 0.15) is 0 Å². The molecule has 94 valence electrons. The Labute approximate surface area is 105 Å². The molecular formula is C15H24N2. The van der Waals surface area contributed by atoms with Gasteiger partial charge in [-0.3, -0.25) is 4.98 Å². The van der Waals surface area contributed by atoms with Gasteiger partial charge in [-0.1, -0.05) is 32.8 Å². The molecule has 0 aromatic carbocycles. The van der Waals surface area contributed by atoms with Crippen molar-refractivity contribution in [1.29, 1.82) is 0 Å². The van der Waals surface area contributed by atoms with E-state index in [4.69, 9.17) is 0 Å². The summed E-state index contributed by atoms with van der Waals surface area (Å²) in [6, 6.07) is 2.90.